The van der Waals surface area contributed by atoms with Crippen LogP contribution in [0.15, 0.2) is 54.6 Å². The normalized spacial score (nSPS) is 11.7. The third-order valence-corrected chi connectivity index (χ3v) is 3.86. The van der Waals surface area contributed by atoms with Crippen molar-refractivity contribution in [1.29, 1.82) is 0 Å². The summed E-state index contributed by atoms with van der Waals surface area (Å²) in [6, 6.07) is 16.5. The monoisotopic (exact) mass is 385 g/mol. The molecule has 0 aliphatic heterocycles. The molecule has 0 aliphatic carbocycles. The summed E-state index contributed by atoms with van der Waals surface area (Å²) in [5.41, 5.74) is 1.64. The van der Waals surface area contributed by atoms with E-state index in [1.165, 1.54) is 0 Å². The SMILES string of the molecule is CC(C)COc1ccc(CC(=O)NC[C@H](O)C(=O)OCc2ccccc2)cc1. The van der Waals surface area contributed by atoms with Crippen LogP contribution in [0.4, 0.5) is 0 Å². The zero-order valence-electron chi connectivity index (χ0n) is 16.3. The lowest BCUT2D eigenvalue weighted by Crippen LogP contribution is -2.38. The topological polar surface area (TPSA) is 84.9 Å². The molecular weight excluding hydrogens is 358 g/mol. The van der Waals surface area contributed by atoms with Crippen molar-refractivity contribution in [3.8, 4) is 5.75 Å². The Kier molecular flexibility index (Phi) is 8.49. The molecule has 0 aliphatic rings. The molecule has 0 saturated heterocycles. The van der Waals surface area contributed by atoms with Gasteiger partial charge >= 0.3 is 5.97 Å². The van der Waals surface area contributed by atoms with Crippen molar-refractivity contribution in [2.24, 2.45) is 5.92 Å². The molecule has 0 fully saturated rings. The Morgan fingerprint density at radius 1 is 1.00 bits per heavy atom. The number of nitrogens with one attached hydrogen (secondary N) is 1. The number of amides is 1. The first-order chi connectivity index (χ1) is 13.4. The molecule has 0 heterocycles. The third-order valence-electron chi connectivity index (χ3n) is 3.86. The molecule has 28 heavy (non-hydrogen) atoms. The number of ether oxygens (including phenoxy) is 2. The van der Waals surface area contributed by atoms with Crippen LogP contribution in [0, 0.1) is 5.92 Å². The molecule has 2 N–H and O–H groups in total. The summed E-state index contributed by atoms with van der Waals surface area (Å²) in [5, 5.41) is 12.4. The van der Waals surface area contributed by atoms with E-state index in [1.807, 2.05) is 54.6 Å². The van der Waals surface area contributed by atoms with E-state index in [2.05, 4.69) is 19.2 Å². The quantitative estimate of drug-likeness (QED) is 0.614. The molecule has 0 spiro atoms. The second kappa shape index (κ2) is 11.1. The molecule has 6 heteroatoms. The van der Waals surface area contributed by atoms with Crippen LogP contribution < -0.4 is 10.1 Å². The Labute approximate surface area is 165 Å². The lowest BCUT2D eigenvalue weighted by atomic mass is 10.1. The van der Waals surface area contributed by atoms with Crippen molar-refractivity contribution in [3.05, 3.63) is 65.7 Å². The van der Waals surface area contributed by atoms with Crippen LogP contribution in [0.2, 0.25) is 0 Å². The van der Waals surface area contributed by atoms with Gasteiger partial charge in [-0.1, -0.05) is 56.3 Å². The maximum atomic E-state index is 12.0. The summed E-state index contributed by atoms with van der Waals surface area (Å²) in [7, 11) is 0. The van der Waals surface area contributed by atoms with E-state index in [0.717, 1.165) is 16.9 Å². The number of esters is 1. The largest absolute Gasteiger partial charge is 0.493 e. The predicted octanol–water partition coefficient (Wildman–Crippen LogP) is 2.48. The van der Waals surface area contributed by atoms with E-state index in [4.69, 9.17) is 9.47 Å². The minimum Gasteiger partial charge on any atom is -0.493 e. The maximum absolute atomic E-state index is 12.0. The molecule has 150 valence electrons. The van der Waals surface area contributed by atoms with Gasteiger partial charge in [0, 0.05) is 0 Å². The summed E-state index contributed by atoms with van der Waals surface area (Å²) in [6.07, 6.45) is -1.25. The first kappa shape index (κ1) is 21.4. The fourth-order valence-corrected chi connectivity index (χ4v) is 2.33. The van der Waals surface area contributed by atoms with Gasteiger partial charge in [0.05, 0.1) is 19.6 Å². The van der Waals surface area contributed by atoms with Crippen molar-refractivity contribution in [3.63, 3.8) is 0 Å². The van der Waals surface area contributed by atoms with E-state index >= 15 is 0 Å². The highest BCUT2D eigenvalue weighted by Crippen LogP contribution is 2.13. The van der Waals surface area contributed by atoms with Crippen molar-refractivity contribution < 1.29 is 24.2 Å². The number of carbonyl (C=O) groups excluding carboxylic acids is 2. The molecule has 2 rings (SSSR count). The van der Waals surface area contributed by atoms with Gasteiger partial charge in [-0.15, -0.1) is 0 Å². The van der Waals surface area contributed by atoms with Crippen LogP contribution in [0.3, 0.4) is 0 Å². The number of benzene rings is 2. The van der Waals surface area contributed by atoms with E-state index in [1.54, 1.807) is 0 Å². The Morgan fingerprint density at radius 2 is 1.68 bits per heavy atom. The average molecular weight is 385 g/mol. The van der Waals surface area contributed by atoms with Gasteiger partial charge in [-0.3, -0.25) is 4.79 Å². The molecule has 6 nitrogen and oxygen atoms in total. The van der Waals surface area contributed by atoms with Crippen molar-refractivity contribution in [1.82, 2.24) is 5.32 Å². The molecule has 0 bridgehead atoms. The zero-order chi connectivity index (χ0) is 20.4. The molecule has 0 unspecified atom stereocenters. The number of rotatable bonds is 10. The highest BCUT2D eigenvalue weighted by molar-refractivity contribution is 5.80. The minimum absolute atomic E-state index is 0.0793. The highest BCUT2D eigenvalue weighted by atomic mass is 16.5. The number of aliphatic hydroxyl groups excluding tert-OH is 1. The fraction of sp³-hybridized carbons (Fsp3) is 0.364. The standard InChI is InChI=1S/C22H27NO5/c1-16(2)14-27-19-10-8-17(9-11-19)12-21(25)23-13-20(24)22(26)28-15-18-6-4-3-5-7-18/h3-11,16,20,24H,12-15H2,1-2H3,(H,23,25)/t20-/m0/s1. The van der Waals surface area contributed by atoms with Gasteiger partial charge in [0.2, 0.25) is 5.91 Å². The summed E-state index contributed by atoms with van der Waals surface area (Å²) in [4.78, 5) is 23.8. The highest BCUT2D eigenvalue weighted by Gasteiger charge is 2.17. The van der Waals surface area contributed by atoms with Crippen molar-refractivity contribution in [2.75, 3.05) is 13.2 Å². The zero-order valence-corrected chi connectivity index (χ0v) is 16.3. The number of hydrogen-bond donors (Lipinski definition) is 2. The Balaban J connectivity index is 1.70. The van der Waals surface area contributed by atoms with Gasteiger partial charge < -0.3 is 19.9 Å². The van der Waals surface area contributed by atoms with Crippen LogP contribution in [0.25, 0.3) is 0 Å². The minimum atomic E-state index is -1.40. The van der Waals surface area contributed by atoms with E-state index in [9.17, 15) is 14.7 Å². The van der Waals surface area contributed by atoms with Crippen LogP contribution in [0.1, 0.15) is 25.0 Å². The summed E-state index contributed by atoms with van der Waals surface area (Å²) in [5.74, 6) is 0.146. The molecular formula is C22H27NO5. The summed E-state index contributed by atoms with van der Waals surface area (Å²) in [6.45, 7) is 4.67. The summed E-state index contributed by atoms with van der Waals surface area (Å²) >= 11 is 0. The Bertz CT molecular complexity index is 743. The van der Waals surface area contributed by atoms with Crippen molar-refractivity contribution in [2.45, 2.75) is 33.0 Å². The maximum Gasteiger partial charge on any atom is 0.337 e. The van der Waals surface area contributed by atoms with Gasteiger partial charge in [0.1, 0.15) is 12.4 Å². The smallest absolute Gasteiger partial charge is 0.337 e. The first-order valence-electron chi connectivity index (χ1n) is 9.31. The Morgan fingerprint density at radius 3 is 2.32 bits per heavy atom. The lowest BCUT2D eigenvalue weighted by molar-refractivity contribution is -0.154. The first-order valence-corrected chi connectivity index (χ1v) is 9.31. The van der Waals surface area contributed by atoms with E-state index in [-0.39, 0.29) is 25.5 Å². The molecule has 1 atom stereocenters. The van der Waals surface area contributed by atoms with E-state index < -0.39 is 12.1 Å². The van der Waals surface area contributed by atoms with Crippen molar-refractivity contribution >= 4 is 11.9 Å². The second-order valence-electron chi connectivity index (χ2n) is 6.94. The van der Waals surface area contributed by atoms with Crippen LogP contribution in [-0.2, 0) is 27.4 Å². The third kappa shape index (κ3) is 7.80. The molecule has 2 aromatic rings. The van der Waals surface area contributed by atoms with E-state index in [0.29, 0.717) is 12.5 Å². The fourth-order valence-electron chi connectivity index (χ4n) is 2.33. The predicted molar refractivity (Wildman–Crippen MR) is 106 cm³/mol. The number of carbonyl (C=O) groups is 2. The average Bonchev–Trinajstić information content (AvgIpc) is 2.70. The van der Waals surface area contributed by atoms with Gasteiger partial charge in [0.15, 0.2) is 6.10 Å². The molecule has 0 saturated carbocycles. The van der Waals surface area contributed by atoms with Crippen LogP contribution in [-0.4, -0.2) is 36.2 Å². The van der Waals surface area contributed by atoms with Crippen LogP contribution in [0.5, 0.6) is 5.75 Å². The molecule has 2 aromatic carbocycles. The van der Waals surface area contributed by atoms with Gasteiger partial charge in [0.25, 0.3) is 0 Å². The van der Waals surface area contributed by atoms with Gasteiger partial charge in [-0.05, 0) is 29.2 Å². The second-order valence-corrected chi connectivity index (χ2v) is 6.94. The molecule has 0 aromatic heterocycles. The molecule has 0 radical (unpaired) electrons. The Hall–Kier alpha value is -2.86. The summed E-state index contributed by atoms with van der Waals surface area (Å²) < 4.78 is 10.6. The van der Waals surface area contributed by atoms with Gasteiger partial charge in [-0.2, -0.15) is 0 Å². The van der Waals surface area contributed by atoms with Crippen LogP contribution >= 0.6 is 0 Å². The van der Waals surface area contributed by atoms with Gasteiger partial charge in [-0.25, -0.2) is 4.79 Å². The number of hydrogen-bond acceptors (Lipinski definition) is 5. The lowest BCUT2D eigenvalue weighted by Gasteiger charge is -2.12. The number of aliphatic hydroxyl groups is 1. The molecule has 1 amide bonds.